The lowest BCUT2D eigenvalue weighted by Gasteiger charge is -2.40. The quantitative estimate of drug-likeness (QED) is 0.765. The average Bonchev–Trinajstić information content (AvgIpc) is 2.92. The van der Waals surface area contributed by atoms with Crippen molar-refractivity contribution in [1.82, 2.24) is 10.2 Å². The van der Waals surface area contributed by atoms with Crippen molar-refractivity contribution < 1.29 is 14.3 Å². The second-order valence-corrected chi connectivity index (χ2v) is 5.60. The molecule has 1 aliphatic carbocycles. The molecule has 3 unspecified atom stereocenters. The molecule has 0 aromatic rings. The zero-order valence-corrected chi connectivity index (χ0v) is 12.3. The van der Waals surface area contributed by atoms with Crippen LogP contribution >= 0.6 is 0 Å². The lowest BCUT2D eigenvalue weighted by atomic mass is 9.97. The Morgan fingerprint density at radius 2 is 2.37 bits per heavy atom. The number of morpholine rings is 1. The lowest BCUT2D eigenvalue weighted by Crippen LogP contribution is -2.53. The molecule has 2 aliphatic rings. The van der Waals surface area contributed by atoms with Crippen molar-refractivity contribution in [1.29, 1.82) is 0 Å². The van der Waals surface area contributed by atoms with E-state index in [1.165, 1.54) is 7.11 Å². The van der Waals surface area contributed by atoms with Crippen LogP contribution in [-0.4, -0.2) is 62.4 Å². The summed E-state index contributed by atoms with van der Waals surface area (Å²) in [7, 11) is 3.33. The van der Waals surface area contributed by atoms with Gasteiger partial charge in [-0.15, -0.1) is 0 Å². The Morgan fingerprint density at radius 1 is 1.58 bits per heavy atom. The summed E-state index contributed by atoms with van der Waals surface area (Å²) in [5.41, 5.74) is -0.490. The van der Waals surface area contributed by atoms with E-state index >= 15 is 0 Å². The summed E-state index contributed by atoms with van der Waals surface area (Å²) in [5, 5.41) is 3.20. The number of hydrogen-bond donors (Lipinski definition) is 1. The van der Waals surface area contributed by atoms with Gasteiger partial charge < -0.3 is 14.8 Å². The second-order valence-electron chi connectivity index (χ2n) is 5.60. The van der Waals surface area contributed by atoms with E-state index in [1.807, 2.05) is 7.05 Å². The van der Waals surface area contributed by atoms with Crippen molar-refractivity contribution in [3.05, 3.63) is 0 Å². The molecule has 1 saturated heterocycles. The predicted molar refractivity (Wildman–Crippen MR) is 73.0 cm³/mol. The Balaban J connectivity index is 2.05. The summed E-state index contributed by atoms with van der Waals surface area (Å²) in [6.45, 7) is 4.80. The maximum absolute atomic E-state index is 12.0. The van der Waals surface area contributed by atoms with E-state index in [9.17, 15) is 4.79 Å². The van der Waals surface area contributed by atoms with E-state index in [0.717, 1.165) is 45.4 Å². The van der Waals surface area contributed by atoms with Crippen LogP contribution in [0.2, 0.25) is 0 Å². The third kappa shape index (κ3) is 2.78. The SMILES string of the molecule is CCC1COCCN1C1CCC(NC)(C(=O)OC)C1. The molecule has 5 nitrogen and oxygen atoms in total. The summed E-state index contributed by atoms with van der Waals surface area (Å²) in [6, 6.07) is 0.949. The van der Waals surface area contributed by atoms with Crippen molar-refractivity contribution in [2.45, 2.75) is 50.2 Å². The molecule has 19 heavy (non-hydrogen) atoms. The highest BCUT2D eigenvalue weighted by Gasteiger charge is 2.47. The number of carbonyl (C=O) groups excluding carboxylic acids is 1. The molecule has 1 heterocycles. The van der Waals surface area contributed by atoms with Gasteiger partial charge in [0.05, 0.1) is 20.3 Å². The van der Waals surface area contributed by atoms with Crippen LogP contribution in [0.5, 0.6) is 0 Å². The van der Waals surface area contributed by atoms with Gasteiger partial charge in [-0.1, -0.05) is 6.92 Å². The molecule has 0 spiro atoms. The van der Waals surface area contributed by atoms with Crippen LogP contribution in [0.4, 0.5) is 0 Å². The molecule has 1 N–H and O–H groups in total. The normalized spacial score (nSPS) is 36.4. The van der Waals surface area contributed by atoms with Crippen LogP contribution in [0.1, 0.15) is 32.6 Å². The van der Waals surface area contributed by atoms with E-state index < -0.39 is 5.54 Å². The molecular weight excluding hydrogens is 244 g/mol. The van der Waals surface area contributed by atoms with Crippen molar-refractivity contribution in [3.63, 3.8) is 0 Å². The fourth-order valence-electron chi connectivity index (χ4n) is 3.51. The highest BCUT2D eigenvalue weighted by Crippen LogP contribution is 2.35. The molecule has 0 aromatic carbocycles. The standard InChI is InChI=1S/C14H26N2O3/c1-4-11-10-19-8-7-16(11)12-5-6-14(9-12,15-2)13(17)18-3/h11-12,15H,4-10H2,1-3H3. The number of nitrogens with zero attached hydrogens (tertiary/aromatic N) is 1. The largest absolute Gasteiger partial charge is 0.468 e. The van der Waals surface area contributed by atoms with Crippen molar-refractivity contribution in [2.24, 2.45) is 0 Å². The van der Waals surface area contributed by atoms with Gasteiger partial charge in [0.15, 0.2) is 0 Å². The molecule has 3 atom stereocenters. The van der Waals surface area contributed by atoms with Gasteiger partial charge in [-0.05, 0) is 32.7 Å². The van der Waals surface area contributed by atoms with E-state index in [4.69, 9.17) is 9.47 Å². The molecule has 0 bridgehead atoms. The van der Waals surface area contributed by atoms with Crippen LogP contribution in [0.15, 0.2) is 0 Å². The highest BCUT2D eigenvalue weighted by molar-refractivity contribution is 5.81. The summed E-state index contributed by atoms with van der Waals surface area (Å²) in [4.78, 5) is 14.6. The summed E-state index contributed by atoms with van der Waals surface area (Å²) in [6.07, 6.45) is 3.84. The van der Waals surface area contributed by atoms with Crippen LogP contribution in [0, 0.1) is 0 Å². The summed E-state index contributed by atoms with van der Waals surface area (Å²) >= 11 is 0. The number of hydrogen-bond acceptors (Lipinski definition) is 5. The van der Waals surface area contributed by atoms with Crippen LogP contribution in [0.3, 0.4) is 0 Å². The Hall–Kier alpha value is -0.650. The van der Waals surface area contributed by atoms with E-state index in [2.05, 4.69) is 17.1 Å². The first-order valence-electron chi connectivity index (χ1n) is 7.27. The predicted octanol–water partition coefficient (Wildman–Crippen LogP) is 0.781. The molecule has 2 rings (SSSR count). The van der Waals surface area contributed by atoms with Crippen LogP contribution in [0.25, 0.3) is 0 Å². The Bertz CT molecular complexity index is 324. The third-order valence-corrected chi connectivity index (χ3v) is 4.76. The van der Waals surface area contributed by atoms with Gasteiger partial charge in [-0.2, -0.15) is 0 Å². The average molecular weight is 270 g/mol. The number of rotatable bonds is 4. The van der Waals surface area contributed by atoms with Gasteiger partial charge in [0.2, 0.25) is 0 Å². The lowest BCUT2D eigenvalue weighted by molar-refractivity contribution is -0.148. The number of esters is 1. The second kappa shape index (κ2) is 6.20. The number of ether oxygens (including phenoxy) is 2. The van der Waals surface area contributed by atoms with Gasteiger partial charge in [-0.25, -0.2) is 0 Å². The van der Waals surface area contributed by atoms with Crippen molar-refractivity contribution in [2.75, 3.05) is 33.9 Å². The first-order chi connectivity index (χ1) is 9.16. The molecule has 0 amide bonds. The van der Waals surface area contributed by atoms with E-state index in [0.29, 0.717) is 12.1 Å². The van der Waals surface area contributed by atoms with Gasteiger partial charge in [0.25, 0.3) is 0 Å². The molecule has 2 fully saturated rings. The Kier molecular flexibility index (Phi) is 4.81. The van der Waals surface area contributed by atoms with Gasteiger partial charge >= 0.3 is 5.97 Å². The smallest absolute Gasteiger partial charge is 0.326 e. The van der Waals surface area contributed by atoms with Crippen molar-refractivity contribution >= 4 is 5.97 Å². The van der Waals surface area contributed by atoms with Crippen LogP contribution in [-0.2, 0) is 14.3 Å². The topological polar surface area (TPSA) is 50.8 Å². The van der Waals surface area contributed by atoms with Crippen LogP contribution < -0.4 is 5.32 Å². The van der Waals surface area contributed by atoms with Gasteiger partial charge in [-0.3, -0.25) is 9.69 Å². The Labute approximate surface area is 115 Å². The molecule has 0 aromatic heterocycles. The maximum atomic E-state index is 12.0. The summed E-state index contributed by atoms with van der Waals surface area (Å²) < 4.78 is 10.5. The molecular formula is C14H26N2O3. The van der Waals surface area contributed by atoms with Gasteiger partial charge in [0, 0.05) is 18.6 Å². The minimum absolute atomic E-state index is 0.126. The fraction of sp³-hybridized carbons (Fsp3) is 0.929. The summed E-state index contributed by atoms with van der Waals surface area (Å²) in [5.74, 6) is -0.126. The molecule has 5 heteroatoms. The number of carbonyl (C=O) groups is 1. The minimum Gasteiger partial charge on any atom is -0.468 e. The minimum atomic E-state index is -0.490. The van der Waals surface area contributed by atoms with E-state index in [1.54, 1.807) is 0 Å². The molecule has 110 valence electrons. The first kappa shape index (κ1) is 14.8. The maximum Gasteiger partial charge on any atom is 0.326 e. The van der Waals surface area contributed by atoms with Gasteiger partial charge in [0.1, 0.15) is 5.54 Å². The molecule has 1 saturated carbocycles. The Morgan fingerprint density at radius 3 is 3.00 bits per heavy atom. The zero-order chi connectivity index (χ0) is 13.9. The fourth-order valence-corrected chi connectivity index (χ4v) is 3.51. The number of methoxy groups -OCH3 is 1. The zero-order valence-electron chi connectivity index (χ0n) is 12.3. The van der Waals surface area contributed by atoms with Crippen molar-refractivity contribution in [3.8, 4) is 0 Å². The molecule has 1 aliphatic heterocycles. The number of nitrogens with one attached hydrogen (secondary N) is 1. The first-order valence-corrected chi connectivity index (χ1v) is 7.27. The number of likely N-dealkylation sites (N-methyl/N-ethyl adjacent to an activating group) is 1. The third-order valence-electron chi connectivity index (χ3n) is 4.76. The highest BCUT2D eigenvalue weighted by atomic mass is 16.5. The monoisotopic (exact) mass is 270 g/mol. The van der Waals surface area contributed by atoms with E-state index in [-0.39, 0.29) is 5.97 Å². The molecule has 0 radical (unpaired) electrons.